The molecule has 0 amide bonds. The largest absolute Gasteiger partial charge is 0.352 e. The summed E-state index contributed by atoms with van der Waals surface area (Å²) >= 11 is 0. The molecule has 0 saturated carbocycles. The van der Waals surface area contributed by atoms with Gasteiger partial charge in [0.1, 0.15) is 5.82 Å². The predicted molar refractivity (Wildman–Crippen MR) is 112 cm³/mol. The van der Waals surface area contributed by atoms with Crippen LogP contribution in [0, 0.1) is 6.92 Å². The van der Waals surface area contributed by atoms with Gasteiger partial charge in [0.2, 0.25) is 5.95 Å². The Bertz CT molecular complexity index is 949. The van der Waals surface area contributed by atoms with Gasteiger partial charge < -0.3 is 10.2 Å². The standard InChI is InChI=1S/C23H26N4/c1-16(2)20-10-6-7-17(3)22(20)26-23-24-13-11-21(25-23)27-14-12-18-8-4-5-9-19(18)15-27/h4-11,13,16H,12,14-15H2,1-3H3,(H,24,25,26). The first-order chi connectivity index (χ1) is 13.1. The van der Waals surface area contributed by atoms with E-state index < -0.39 is 0 Å². The zero-order valence-corrected chi connectivity index (χ0v) is 16.2. The molecule has 0 fully saturated rings. The number of benzene rings is 2. The van der Waals surface area contributed by atoms with E-state index in [4.69, 9.17) is 4.98 Å². The molecule has 4 rings (SSSR count). The second-order valence-electron chi connectivity index (χ2n) is 7.50. The number of rotatable bonds is 4. The summed E-state index contributed by atoms with van der Waals surface area (Å²) in [5.74, 6) is 2.07. The van der Waals surface area contributed by atoms with E-state index in [1.807, 2.05) is 12.3 Å². The average molecular weight is 358 g/mol. The van der Waals surface area contributed by atoms with E-state index >= 15 is 0 Å². The molecule has 0 spiro atoms. The van der Waals surface area contributed by atoms with Gasteiger partial charge in [-0.2, -0.15) is 4.98 Å². The Morgan fingerprint density at radius 1 is 1.00 bits per heavy atom. The van der Waals surface area contributed by atoms with E-state index in [1.54, 1.807) is 0 Å². The van der Waals surface area contributed by atoms with Crippen LogP contribution in [0.25, 0.3) is 0 Å². The van der Waals surface area contributed by atoms with Crippen LogP contribution in [-0.2, 0) is 13.0 Å². The van der Waals surface area contributed by atoms with Crippen molar-refractivity contribution in [2.75, 3.05) is 16.8 Å². The molecule has 27 heavy (non-hydrogen) atoms. The van der Waals surface area contributed by atoms with Crippen LogP contribution in [0.15, 0.2) is 54.7 Å². The van der Waals surface area contributed by atoms with Gasteiger partial charge >= 0.3 is 0 Å². The molecule has 1 aliphatic rings. The molecular formula is C23H26N4. The minimum atomic E-state index is 0.439. The maximum atomic E-state index is 4.81. The van der Waals surface area contributed by atoms with Gasteiger partial charge in [-0.15, -0.1) is 0 Å². The maximum absolute atomic E-state index is 4.81. The van der Waals surface area contributed by atoms with Gasteiger partial charge in [-0.25, -0.2) is 4.98 Å². The van der Waals surface area contributed by atoms with Crippen molar-refractivity contribution in [1.82, 2.24) is 9.97 Å². The van der Waals surface area contributed by atoms with Crippen LogP contribution in [-0.4, -0.2) is 16.5 Å². The lowest BCUT2D eigenvalue weighted by Gasteiger charge is -2.29. The van der Waals surface area contributed by atoms with E-state index in [9.17, 15) is 0 Å². The molecule has 1 N–H and O–H groups in total. The van der Waals surface area contributed by atoms with Crippen molar-refractivity contribution in [3.63, 3.8) is 0 Å². The average Bonchev–Trinajstić information content (AvgIpc) is 2.69. The fraction of sp³-hybridized carbons (Fsp3) is 0.304. The van der Waals surface area contributed by atoms with Gasteiger partial charge in [0, 0.05) is 25.0 Å². The summed E-state index contributed by atoms with van der Waals surface area (Å²) in [6, 6.07) is 17.1. The molecule has 4 nitrogen and oxygen atoms in total. The summed E-state index contributed by atoms with van der Waals surface area (Å²) in [5.41, 5.74) is 6.45. The number of hydrogen-bond donors (Lipinski definition) is 1. The molecule has 0 aliphatic carbocycles. The van der Waals surface area contributed by atoms with Crippen molar-refractivity contribution in [3.8, 4) is 0 Å². The third-order valence-electron chi connectivity index (χ3n) is 5.26. The highest BCUT2D eigenvalue weighted by Crippen LogP contribution is 2.30. The smallest absolute Gasteiger partial charge is 0.229 e. The number of fused-ring (bicyclic) bond motifs is 1. The molecule has 3 aromatic rings. The lowest BCUT2D eigenvalue weighted by atomic mass is 9.98. The SMILES string of the molecule is Cc1cccc(C(C)C)c1Nc1nccc(N2CCc3ccccc3C2)n1. The monoisotopic (exact) mass is 358 g/mol. The Kier molecular flexibility index (Phi) is 4.80. The van der Waals surface area contributed by atoms with Gasteiger partial charge in [0.15, 0.2) is 0 Å². The third kappa shape index (κ3) is 3.65. The second kappa shape index (κ2) is 7.39. The quantitative estimate of drug-likeness (QED) is 0.695. The summed E-state index contributed by atoms with van der Waals surface area (Å²) in [4.78, 5) is 11.6. The lowest BCUT2D eigenvalue weighted by Crippen LogP contribution is -2.31. The van der Waals surface area contributed by atoms with Crippen molar-refractivity contribution in [2.45, 2.75) is 39.7 Å². The summed E-state index contributed by atoms with van der Waals surface area (Å²) in [6.07, 6.45) is 2.90. The Balaban J connectivity index is 1.60. The number of nitrogens with one attached hydrogen (secondary N) is 1. The molecule has 0 unspecified atom stereocenters. The first-order valence-electron chi connectivity index (χ1n) is 9.63. The number of aromatic nitrogens is 2. The molecular weight excluding hydrogens is 332 g/mol. The van der Waals surface area contributed by atoms with Crippen molar-refractivity contribution in [2.24, 2.45) is 0 Å². The van der Waals surface area contributed by atoms with Gasteiger partial charge in [0.25, 0.3) is 0 Å². The molecule has 0 bridgehead atoms. The molecule has 4 heteroatoms. The normalized spacial score (nSPS) is 13.6. The van der Waals surface area contributed by atoms with Gasteiger partial charge in [-0.3, -0.25) is 0 Å². The van der Waals surface area contributed by atoms with Crippen molar-refractivity contribution in [3.05, 3.63) is 77.0 Å². The first-order valence-corrected chi connectivity index (χ1v) is 9.63. The van der Waals surface area contributed by atoms with Crippen LogP contribution in [0.1, 0.15) is 42.0 Å². The Hall–Kier alpha value is -2.88. The molecule has 2 heterocycles. The second-order valence-corrected chi connectivity index (χ2v) is 7.50. The number of nitrogens with zero attached hydrogens (tertiary/aromatic N) is 3. The summed E-state index contributed by atoms with van der Waals surface area (Å²) < 4.78 is 0. The predicted octanol–water partition coefficient (Wildman–Crippen LogP) is 5.21. The minimum absolute atomic E-state index is 0.439. The molecule has 0 saturated heterocycles. The van der Waals surface area contributed by atoms with Crippen LogP contribution in [0.2, 0.25) is 0 Å². The van der Waals surface area contributed by atoms with Gasteiger partial charge in [-0.05, 0) is 47.6 Å². The van der Waals surface area contributed by atoms with Crippen molar-refractivity contribution >= 4 is 17.5 Å². The van der Waals surface area contributed by atoms with Crippen LogP contribution < -0.4 is 10.2 Å². The Morgan fingerprint density at radius 2 is 1.81 bits per heavy atom. The zero-order chi connectivity index (χ0) is 18.8. The number of para-hydroxylation sites is 1. The van der Waals surface area contributed by atoms with E-state index in [2.05, 4.69) is 78.4 Å². The molecule has 0 atom stereocenters. The number of anilines is 3. The number of aryl methyl sites for hydroxylation is 1. The van der Waals surface area contributed by atoms with E-state index in [0.717, 1.165) is 31.0 Å². The topological polar surface area (TPSA) is 41.1 Å². The van der Waals surface area contributed by atoms with Crippen LogP contribution in [0.5, 0.6) is 0 Å². The fourth-order valence-electron chi connectivity index (χ4n) is 3.73. The summed E-state index contributed by atoms with van der Waals surface area (Å²) in [5, 5.41) is 3.47. The summed E-state index contributed by atoms with van der Waals surface area (Å²) in [6.45, 7) is 8.42. The highest BCUT2D eigenvalue weighted by molar-refractivity contribution is 5.64. The van der Waals surface area contributed by atoms with Gasteiger partial charge in [-0.1, -0.05) is 56.3 Å². The van der Waals surface area contributed by atoms with Crippen molar-refractivity contribution in [1.29, 1.82) is 0 Å². The zero-order valence-electron chi connectivity index (χ0n) is 16.2. The van der Waals surface area contributed by atoms with E-state index in [0.29, 0.717) is 11.9 Å². The Morgan fingerprint density at radius 3 is 2.63 bits per heavy atom. The van der Waals surface area contributed by atoms with Crippen molar-refractivity contribution < 1.29 is 0 Å². The molecule has 0 radical (unpaired) electrons. The Labute approximate surface area is 161 Å². The lowest BCUT2D eigenvalue weighted by molar-refractivity contribution is 0.720. The highest BCUT2D eigenvalue weighted by Gasteiger charge is 2.18. The molecule has 1 aromatic heterocycles. The molecule has 2 aromatic carbocycles. The highest BCUT2D eigenvalue weighted by atomic mass is 15.2. The van der Waals surface area contributed by atoms with Crippen LogP contribution >= 0.6 is 0 Å². The number of hydrogen-bond acceptors (Lipinski definition) is 4. The summed E-state index contributed by atoms with van der Waals surface area (Å²) in [7, 11) is 0. The maximum Gasteiger partial charge on any atom is 0.229 e. The minimum Gasteiger partial charge on any atom is -0.352 e. The van der Waals surface area contributed by atoms with Crippen LogP contribution in [0.4, 0.5) is 17.5 Å². The fourth-order valence-corrected chi connectivity index (χ4v) is 3.73. The van der Waals surface area contributed by atoms with E-state index in [-0.39, 0.29) is 0 Å². The van der Waals surface area contributed by atoms with Crippen LogP contribution in [0.3, 0.4) is 0 Å². The van der Waals surface area contributed by atoms with Gasteiger partial charge in [0.05, 0.1) is 0 Å². The molecule has 138 valence electrons. The first kappa shape index (κ1) is 17.5. The third-order valence-corrected chi connectivity index (χ3v) is 5.26. The molecule has 1 aliphatic heterocycles. The van der Waals surface area contributed by atoms with E-state index in [1.165, 1.54) is 22.3 Å².